The molecule has 1 aromatic heterocycles. The van der Waals surface area contributed by atoms with Crippen molar-refractivity contribution in [1.82, 2.24) is 0 Å². The maximum Gasteiger partial charge on any atom is 0.143 e. The largest absolute Gasteiger partial charge is 0.455 e. The van der Waals surface area contributed by atoms with Crippen molar-refractivity contribution in [1.29, 1.82) is 0 Å². The van der Waals surface area contributed by atoms with E-state index in [4.69, 9.17) is 4.42 Å². The third kappa shape index (κ3) is 6.73. The first kappa shape index (κ1) is 39.4. The van der Waals surface area contributed by atoms with Crippen LogP contribution in [0.4, 0.5) is 17.1 Å². The monoisotopic (exact) mass is 865 g/mol. The average molecular weight is 866 g/mol. The number of furan rings is 1. The van der Waals surface area contributed by atoms with Gasteiger partial charge in [-0.25, -0.2) is 0 Å². The van der Waals surface area contributed by atoms with Gasteiger partial charge in [-0.3, -0.25) is 0 Å². The minimum Gasteiger partial charge on any atom is -0.455 e. The van der Waals surface area contributed by atoms with Gasteiger partial charge in [0.05, 0.1) is 11.4 Å². The van der Waals surface area contributed by atoms with E-state index in [1.165, 1.54) is 54.6 Å². The summed E-state index contributed by atoms with van der Waals surface area (Å²) in [6, 6.07) is 94.6. The number of nitrogens with zero attached hydrogens (tertiary/aromatic N) is 1. The first-order chi connectivity index (χ1) is 33.7. The molecule has 0 aliphatic rings. The molecule has 0 spiro atoms. The van der Waals surface area contributed by atoms with Crippen molar-refractivity contribution in [3.8, 4) is 55.6 Å². The molecular weight excluding hydrogens is 823 g/mol. The summed E-state index contributed by atoms with van der Waals surface area (Å²) in [6.07, 6.45) is 0. The summed E-state index contributed by atoms with van der Waals surface area (Å²) in [4.78, 5) is 2.46. The number of benzene rings is 12. The van der Waals surface area contributed by atoms with Gasteiger partial charge in [0.15, 0.2) is 0 Å². The Morgan fingerprint density at radius 3 is 1.69 bits per heavy atom. The number of hydrogen-bond acceptors (Lipinski definition) is 2. The zero-order valence-corrected chi connectivity index (χ0v) is 37.2. The third-order valence-corrected chi connectivity index (χ3v) is 13.7. The molecule has 0 unspecified atom stereocenters. The lowest BCUT2D eigenvalue weighted by atomic mass is 9.91. The van der Waals surface area contributed by atoms with Crippen molar-refractivity contribution in [3.05, 3.63) is 261 Å². The summed E-state index contributed by atoms with van der Waals surface area (Å²) in [7, 11) is 0. The summed E-state index contributed by atoms with van der Waals surface area (Å²) < 4.78 is 6.74. The Labute approximate surface area is 395 Å². The Kier molecular flexibility index (Phi) is 9.54. The third-order valence-electron chi connectivity index (χ3n) is 13.7. The molecule has 2 heteroatoms. The second kappa shape index (κ2) is 16.5. The Hall–Kier alpha value is -8.98. The van der Waals surface area contributed by atoms with Gasteiger partial charge in [0.25, 0.3) is 0 Å². The Balaban J connectivity index is 1.04. The molecule has 0 saturated carbocycles. The highest BCUT2D eigenvalue weighted by atomic mass is 16.3. The quantitative estimate of drug-likeness (QED) is 0.142. The fraction of sp³-hybridized carbons (Fsp3) is 0. The number of anilines is 3. The standard InChI is InChI=1S/C66H43NO/c1-2-17-46(18-3-1)55-40-37-50(62-42-49-20-5-7-25-54(49)56-26-8-9-27-57(56)62)43-64(55)67(63-33-12-10-28-58(63)60-31-16-32-61-59-29-11-13-34-65(59)68-66(60)61)51-38-35-44(36-39-51)47-22-14-23-48(41-47)53-30-15-21-45-19-4-6-24-52(45)53/h1-43H. The minimum absolute atomic E-state index is 0.877. The van der Waals surface area contributed by atoms with Gasteiger partial charge in [0.1, 0.15) is 11.2 Å². The predicted molar refractivity (Wildman–Crippen MR) is 288 cm³/mol. The van der Waals surface area contributed by atoms with Crippen molar-refractivity contribution >= 4 is 71.3 Å². The van der Waals surface area contributed by atoms with Crippen LogP contribution in [0.15, 0.2) is 265 Å². The normalized spacial score (nSPS) is 11.5. The van der Waals surface area contributed by atoms with Crippen molar-refractivity contribution in [2.75, 3.05) is 4.90 Å². The van der Waals surface area contributed by atoms with Gasteiger partial charge >= 0.3 is 0 Å². The van der Waals surface area contributed by atoms with E-state index in [-0.39, 0.29) is 0 Å². The van der Waals surface area contributed by atoms with Crippen LogP contribution >= 0.6 is 0 Å². The van der Waals surface area contributed by atoms with Crippen LogP contribution in [-0.2, 0) is 0 Å². The molecule has 1 heterocycles. The molecule has 0 bridgehead atoms. The molecule has 0 N–H and O–H groups in total. The van der Waals surface area contributed by atoms with E-state index < -0.39 is 0 Å². The number of para-hydroxylation sites is 3. The van der Waals surface area contributed by atoms with Crippen LogP contribution in [0.1, 0.15) is 0 Å². The van der Waals surface area contributed by atoms with E-state index >= 15 is 0 Å². The maximum atomic E-state index is 6.74. The van der Waals surface area contributed by atoms with Crippen LogP contribution in [0.2, 0.25) is 0 Å². The van der Waals surface area contributed by atoms with Gasteiger partial charge in [-0.2, -0.15) is 0 Å². The highest BCUT2D eigenvalue weighted by Gasteiger charge is 2.24. The van der Waals surface area contributed by atoms with E-state index in [9.17, 15) is 0 Å². The van der Waals surface area contributed by atoms with Crippen molar-refractivity contribution < 1.29 is 4.42 Å². The van der Waals surface area contributed by atoms with E-state index in [0.717, 1.165) is 72.4 Å². The van der Waals surface area contributed by atoms with Crippen LogP contribution in [0, 0.1) is 0 Å². The lowest BCUT2D eigenvalue weighted by Crippen LogP contribution is -2.13. The zero-order chi connectivity index (χ0) is 45.0. The van der Waals surface area contributed by atoms with Crippen LogP contribution in [0.5, 0.6) is 0 Å². The van der Waals surface area contributed by atoms with E-state index in [1.807, 2.05) is 6.07 Å². The average Bonchev–Trinajstić information content (AvgIpc) is 3.80. The van der Waals surface area contributed by atoms with Gasteiger partial charge in [0, 0.05) is 33.2 Å². The first-order valence-corrected chi connectivity index (χ1v) is 23.3. The van der Waals surface area contributed by atoms with E-state index in [2.05, 4.69) is 260 Å². The van der Waals surface area contributed by atoms with Crippen molar-refractivity contribution in [2.45, 2.75) is 0 Å². The zero-order valence-electron chi connectivity index (χ0n) is 37.2. The lowest BCUT2D eigenvalue weighted by molar-refractivity contribution is 0.670. The van der Waals surface area contributed by atoms with E-state index in [1.54, 1.807) is 0 Å². The summed E-state index contributed by atoms with van der Waals surface area (Å²) in [5.41, 5.74) is 16.4. The molecule has 0 aliphatic heterocycles. The minimum atomic E-state index is 0.877. The van der Waals surface area contributed by atoms with Crippen LogP contribution in [-0.4, -0.2) is 0 Å². The van der Waals surface area contributed by atoms with Crippen LogP contribution < -0.4 is 4.90 Å². The molecule has 0 atom stereocenters. The molecule has 68 heavy (non-hydrogen) atoms. The van der Waals surface area contributed by atoms with Crippen molar-refractivity contribution in [3.63, 3.8) is 0 Å². The lowest BCUT2D eigenvalue weighted by Gasteiger charge is -2.30. The first-order valence-electron chi connectivity index (χ1n) is 23.3. The molecule has 13 rings (SSSR count). The SMILES string of the molecule is c1ccc(-c2ccc(-c3cc4ccccc4c4ccccc34)cc2N(c2ccc(-c3cccc(-c4cccc5ccccc45)c3)cc2)c2ccccc2-c2cccc3c2oc2ccccc23)cc1. The van der Waals surface area contributed by atoms with Crippen LogP contribution in [0.25, 0.3) is 110 Å². The molecular formula is C66H43NO. The molecule has 12 aromatic carbocycles. The summed E-state index contributed by atoms with van der Waals surface area (Å²) in [5.74, 6) is 0. The molecule has 2 nitrogen and oxygen atoms in total. The molecule has 13 aromatic rings. The van der Waals surface area contributed by atoms with Gasteiger partial charge in [0.2, 0.25) is 0 Å². The smallest absolute Gasteiger partial charge is 0.143 e. The van der Waals surface area contributed by atoms with Gasteiger partial charge in [-0.1, -0.05) is 218 Å². The number of rotatable bonds is 8. The van der Waals surface area contributed by atoms with E-state index in [0.29, 0.717) is 0 Å². The molecule has 0 fully saturated rings. The molecule has 0 aliphatic carbocycles. The van der Waals surface area contributed by atoms with Gasteiger partial charge < -0.3 is 9.32 Å². The predicted octanol–water partition coefficient (Wildman–Crippen LogP) is 18.9. The Bertz CT molecular complexity index is 4030. The molecule has 318 valence electrons. The fourth-order valence-electron chi connectivity index (χ4n) is 10.4. The molecule has 0 saturated heterocycles. The summed E-state index contributed by atoms with van der Waals surface area (Å²) in [6.45, 7) is 0. The molecule has 0 radical (unpaired) electrons. The Morgan fingerprint density at radius 1 is 0.250 bits per heavy atom. The summed E-state index contributed by atoms with van der Waals surface area (Å²) >= 11 is 0. The second-order valence-corrected chi connectivity index (χ2v) is 17.6. The van der Waals surface area contributed by atoms with Gasteiger partial charge in [-0.05, 0) is 114 Å². The summed E-state index contributed by atoms with van der Waals surface area (Å²) in [5, 5.41) is 9.65. The van der Waals surface area contributed by atoms with Crippen molar-refractivity contribution in [2.24, 2.45) is 0 Å². The van der Waals surface area contributed by atoms with Crippen LogP contribution in [0.3, 0.4) is 0 Å². The topological polar surface area (TPSA) is 16.4 Å². The van der Waals surface area contributed by atoms with Gasteiger partial charge in [-0.15, -0.1) is 0 Å². The maximum absolute atomic E-state index is 6.74. The highest BCUT2D eigenvalue weighted by molar-refractivity contribution is 6.15. The fourth-order valence-corrected chi connectivity index (χ4v) is 10.4. The number of hydrogen-bond donors (Lipinski definition) is 0. The molecule has 0 amide bonds. The number of fused-ring (bicyclic) bond motifs is 7. The Morgan fingerprint density at radius 2 is 0.824 bits per heavy atom. The second-order valence-electron chi connectivity index (χ2n) is 17.6. The highest BCUT2D eigenvalue weighted by Crippen LogP contribution is 2.49.